The third-order valence-corrected chi connectivity index (χ3v) is 5.67. The monoisotopic (exact) mass is 403 g/mol. The summed E-state index contributed by atoms with van der Waals surface area (Å²) in [5.74, 6) is 0.457. The van der Waals surface area contributed by atoms with E-state index in [4.69, 9.17) is 4.74 Å². The highest BCUT2D eigenvalue weighted by molar-refractivity contribution is 8.18. The van der Waals surface area contributed by atoms with Crippen molar-refractivity contribution in [1.29, 1.82) is 0 Å². The minimum Gasteiger partial charge on any atom is -0.488 e. The molecule has 1 fully saturated rings. The Morgan fingerprint density at radius 3 is 2.52 bits per heavy atom. The quantitative estimate of drug-likeness (QED) is 0.483. The molecule has 29 heavy (non-hydrogen) atoms. The van der Waals surface area contributed by atoms with Crippen molar-refractivity contribution < 1.29 is 14.3 Å². The molecule has 0 bridgehead atoms. The van der Waals surface area contributed by atoms with Crippen molar-refractivity contribution in [3.63, 3.8) is 0 Å². The largest absolute Gasteiger partial charge is 0.488 e. The molecular formula is C24H21NO3S. The number of carbonyl (C=O) groups excluding carboxylic acids is 2. The maximum Gasteiger partial charge on any atom is 0.293 e. The van der Waals surface area contributed by atoms with Gasteiger partial charge in [0.05, 0.1) is 4.91 Å². The average molecular weight is 404 g/mol. The summed E-state index contributed by atoms with van der Waals surface area (Å²) in [6, 6.07) is 21.8. The highest BCUT2D eigenvalue weighted by Gasteiger charge is 2.34. The predicted molar refractivity (Wildman–Crippen MR) is 118 cm³/mol. The first-order valence-electron chi connectivity index (χ1n) is 9.61. The molecule has 0 unspecified atom stereocenters. The van der Waals surface area contributed by atoms with E-state index in [0.717, 1.165) is 40.1 Å². The van der Waals surface area contributed by atoms with Gasteiger partial charge >= 0.3 is 0 Å². The molecule has 1 aliphatic heterocycles. The van der Waals surface area contributed by atoms with Crippen LogP contribution in [0, 0.1) is 0 Å². The average Bonchev–Trinajstić information content (AvgIpc) is 3.01. The SMILES string of the molecule is CCCN1C(=O)S/C(=C/c2c(OCc3ccccc3)ccc3ccccc23)C1=O. The first-order chi connectivity index (χ1) is 14.2. The van der Waals surface area contributed by atoms with Crippen LogP contribution in [0.15, 0.2) is 71.6 Å². The Bertz CT molecular complexity index is 1090. The molecule has 0 atom stereocenters. The summed E-state index contributed by atoms with van der Waals surface area (Å²) in [6.45, 7) is 2.82. The van der Waals surface area contributed by atoms with E-state index in [1.165, 1.54) is 4.90 Å². The van der Waals surface area contributed by atoms with Crippen LogP contribution in [0.1, 0.15) is 24.5 Å². The van der Waals surface area contributed by atoms with Gasteiger partial charge in [-0.1, -0.05) is 67.6 Å². The molecule has 0 N–H and O–H groups in total. The minimum absolute atomic E-state index is 0.213. The number of imide groups is 1. The lowest BCUT2D eigenvalue weighted by Gasteiger charge is -2.13. The van der Waals surface area contributed by atoms with Crippen LogP contribution >= 0.6 is 11.8 Å². The highest BCUT2D eigenvalue weighted by Crippen LogP contribution is 2.37. The fraction of sp³-hybridized carbons (Fsp3) is 0.167. The van der Waals surface area contributed by atoms with Crippen molar-refractivity contribution in [3.05, 3.63) is 82.8 Å². The molecule has 1 heterocycles. The molecule has 0 saturated carbocycles. The van der Waals surface area contributed by atoms with Gasteiger partial charge in [-0.25, -0.2) is 0 Å². The predicted octanol–water partition coefficient (Wildman–Crippen LogP) is 5.87. The molecule has 2 amide bonds. The lowest BCUT2D eigenvalue weighted by atomic mass is 10.0. The van der Waals surface area contributed by atoms with Crippen LogP contribution in [0.2, 0.25) is 0 Å². The van der Waals surface area contributed by atoms with Crippen LogP contribution in [0.25, 0.3) is 16.8 Å². The summed E-state index contributed by atoms with van der Waals surface area (Å²) >= 11 is 0.991. The molecule has 1 saturated heterocycles. The lowest BCUT2D eigenvalue weighted by Crippen LogP contribution is -2.28. The molecule has 5 heteroatoms. The van der Waals surface area contributed by atoms with Crippen LogP contribution in [-0.4, -0.2) is 22.6 Å². The number of hydrogen-bond donors (Lipinski definition) is 0. The summed E-state index contributed by atoms with van der Waals surface area (Å²) in [5.41, 5.74) is 1.89. The zero-order valence-corrected chi connectivity index (χ0v) is 16.9. The number of amides is 2. The van der Waals surface area contributed by atoms with Crippen molar-refractivity contribution in [3.8, 4) is 5.75 Å². The van der Waals surface area contributed by atoms with E-state index in [0.29, 0.717) is 23.8 Å². The molecule has 4 rings (SSSR count). The van der Waals surface area contributed by atoms with Gasteiger partial charge in [0.2, 0.25) is 0 Å². The van der Waals surface area contributed by atoms with E-state index in [1.807, 2.05) is 73.7 Å². The maximum absolute atomic E-state index is 12.7. The number of rotatable bonds is 6. The van der Waals surface area contributed by atoms with Crippen LogP contribution < -0.4 is 4.74 Å². The summed E-state index contributed by atoms with van der Waals surface area (Å²) in [6.07, 6.45) is 2.54. The summed E-state index contributed by atoms with van der Waals surface area (Å²) in [5, 5.41) is 1.83. The Morgan fingerprint density at radius 2 is 1.72 bits per heavy atom. The number of fused-ring (bicyclic) bond motifs is 1. The van der Waals surface area contributed by atoms with Gasteiger partial charge in [-0.2, -0.15) is 0 Å². The topological polar surface area (TPSA) is 46.6 Å². The normalized spacial score (nSPS) is 15.5. The van der Waals surface area contributed by atoms with E-state index in [1.54, 1.807) is 6.08 Å². The number of thioether (sulfide) groups is 1. The number of nitrogens with zero attached hydrogens (tertiary/aromatic N) is 1. The molecule has 3 aromatic carbocycles. The van der Waals surface area contributed by atoms with Crippen molar-refractivity contribution in [1.82, 2.24) is 4.90 Å². The molecule has 146 valence electrons. The Hall–Kier alpha value is -3.05. The second-order valence-electron chi connectivity index (χ2n) is 6.81. The number of carbonyl (C=O) groups is 2. The van der Waals surface area contributed by atoms with Crippen LogP contribution in [0.4, 0.5) is 4.79 Å². The Morgan fingerprint density at radius 1 is 0.966 bits per heavy atom. The van der Waals surface area contributed by atoms with Gasteiger partial charge in [-0.3, -0.25) is 14.5 Å². The van der Waals surface area contributed by atoms with Gasteiger partial charge in [-0.15, -0.1) is 0 Å². The van der Waals surface area contributed by atoms with E-state index in [2.05, 4.69) is 0 Å². The molecular weight excluding hydrogens is 382 g/mol. The van der Waals surface area contributed by atoms with Gasteiger partial charge in [0.25, 0.3) is 11.1 Å². The second-order valence-corrected chi connectivity index (χ2v) is 7.80. The van der Waals surface area contributed by atoms with Crippen molar-refractivity contribution in [2.45, 2.75) is 20.0 Å². The fourth-order valence-corrected chi connectivity index (χ4v) is 4.18. The smallest absolute Gasteiger partial charge is 0.293 e. The van der Waals surface area contributed by atoms with Gasteiger partial charge < -0.3 is 4.74 Å². The number of benzene rings is 3. The van der Waals surface area contributed by atoms with Crippen molar-refractivity contribution in [2.24, 2.45) is 0 Å². The molecule has 0 aromatic heterocycles. The lowest BCUT2D eigenvalue weighted by molar-refractivity contribution is -0.122. The molecule has 0 radical (unpaired) electrons. The number of hydrogen-bond acceptors (Lipinski definition) is 4. The highest BCUT2D eigenvalue weighted by atomic mass is 32.2. The van der Waals surface area contributed by atoms with Crippen LogP contribution in [-0.2, 0) is 11.4 Å². The first-order valence-corrected chi connectivity index (χ1v) is 10.4. The Labute approximate surface area is 174 Å². The number of ether oxygens (including phenoxy) is 1. The van der Waals surface area contributed by atoms with E-state index < -0.39 is 0 Å². The van der Waals surface area contributed by atoms with Gasteiger partial charge in [-0.05, 0) is 46.7 Å². The minimum atomic E-state index is -0.233. The fourth-order valence-electron chi connectivity index (χ4n) is 3.33. The Balaban J connectivity index is 1.73. The summed E-state index contributed by atoms with van der Waals surface area (Å²) in [7, 11) is 0. The van der Waals surface area contributed by atoms with Gasteiger partial charge in [0, 0.05) is 12.1 Å². The summed E-state index contributed by atoms with van der Waals surface area (Å²) in [4.78, 5) is 26.7. The standard InChI is InChI=1S/C24H21NO3S/c1-2-14-25-23(26)22(29-24(25)27)15-20-19-11-7-6-10-18(19)12-13-21(20)28-16-17-8-4-3-5-9-17/h3-13,15H,2,14,16H2,1H3/b22-15+. The third-order valence-electron chi connectivity index (χ3n) is 4.76. The zero-order chi connectivity index (χ0) is 20.2. The van der Waals surface area contributed by atoms with Crippen LogP contribution in [0.5, 0.6) is 5.75 Å². The van der Waals surface area contributed by atoms with Crippen molar-refractivity contribution in [2.75, 3.05) is 6.54 Å². The van der Waals surface area contributed by atoms with Crippen molar-refractivity contribution >= 4 is 39.8 Å². The van der Waals surface area contributed by atoms with Gasteiger partial charge in [0.1, 0.15) is 12.4 Å². The summed E-state index contributed by atoms with van der Waals surface area (Å²) < 4.78 is 6.11. The van der Waals surface area contributed by atoms with E-state index in [9.17, 15) is 9.59 Å². The third kappa shape index (κ3) is 4.05. The van der Waals surface area contributed by atoms with E-state index in [-0.39, 0.29) is 11.1 Å². The molecule has 1 aliphatic rings. The zero-order valence-electron chi connectivity index (χ0n) is 16.1. The molecule has 4 nitrogen and oxygen atoms in total. The van der Waals surface area contributed by atoms with E-state index >= 15 is 0 Å². The second kappa shape index (κ2) is 8.53. The first kappa shape index (κ1) is 19.3. The molecule has 3 aromatic rings. The molecule has 0 aliphatic carbocycles. The Kier molecular flexibility index (Phi) is 5.67. The van der Waals surface area contributed by atoms with Crippen LogP contribution in [0.3, 0.4) is 0 Å². The maximum atomic E-state index is 12.7. The van der Waals surface area contributed by atoms with Gasteiger partial charge in [0.15, 0.2) is 0 Å². The molecule has 0 spiro atoms.